The second-order valence-electron chi connectivity index (χ2n) is 6.72. The number of carbonyl (C=O) groups excluding carboxylic acids is 1. The van der Waals surface area contributed by atoms with E-state index in [1.54, 1.807) is 30.6 Å². The third-order valence-electron chi connectivity index (χ3n) is 4.79. The molecule has 1 aliphatic heterocycles. The highest BCUT2D eigenvalue weighted by Crippen LogP contribution is 2.39. The van der Waals surface area contributed by atoms with Crippen molar-refractivity contribution in [1.82, 2.24) is 9.97 Å². The number of nitrogens with two attached hydrogens (primary N) is 1. The van der Waals surface area contributed by atoms with E-state index < -0.39 is 0 Å². The summed E-state index contributed by atoms with van der Waals surface area (Å²) < 4.78 is 0. The van der Waals surface area contributed by atoms with Gasteiger partial charge in [-0.25, -0.2) is 4.98 Å². The number of hydrogen-bond donors (Lipinski definition) is 2. The second kappa shape index (κ2) is 8.57. The molecule has 3 N–H and O–H groups in total. The normalized spacial score (nSPS) is 14.1. The van der Waals surface area contributed by atoms with Gasteiger partial charge in [0.25, 0.3) is 5.91 Å². The summed E-state index contributed by atoms with van der Waals surface area (Å²) in [6.07, 6.45) is 6.88. The third-order valence-corrected chi connectivity index (χ3v) is 6.32. The summed E-state index contributed by atoms with van der Waals surface area (Å²) >= 11 is 13.7. The Balaban J connectivity index is 1.61. The number of carbonyl (C=O) groups is 1. The number of hydrogen-bond acceptors (Lipinski definition) is 6. The molecule has 3 aromatic rings. The average Bonchev–Trinajstić information content (AvgIpc) is 3.10. The van der Waals surface area contributed by atoms with Crippen molar-refractivity contribution in [3.8, 4) is 10.6 Å². The molecule has 1 fully saturated rings. The SMILES string of the molecule is Nc1sc(-c2c(Cl)cccc2Cl)nc1C(=O)Nc1cnccc1N1CCCCC1. The topological polar surface area (TPSA) is 84.1 Å². The number of nitrogens with one attached hydrogen (secondary N) is 1. The molecule has 2 aromatic heterocycles. The van der Waals surface area contributed by atoms with Crippen LogP contribution in [-0.4, -0.2) is 29.0 Å². The molecule has 0 unspecified atom stereocenters. The van der Waals surface area contributed by atoms with Gasteiger partial charge in [-0.1, -0.05) is 40.6 Å². The van der Waals surface area contributed by atoms with Crippen molar-refractivity contribution in [2.24, 2.45) is 0 Å². The molecule has 150 valence electrons. The molecule has 0 bridgehead atoms. The number of anilines is 3. The minimum absolute atomic E-state index is 0.148. The summed E-state index contributed by atoms with van der Waals surface area (Å²) in [5.74, 6) is -0.389. The van der Waals surface area contributed by atoms with Crippen molar-refractivity contribution in [2.45, 2.75) is 19.3 Å². The summed E-state index contributed by atoms with van der Waals surface area (Å²) in [6.45, 7) is 1.92. The van der Waals surface area contributed by atoms with Crippen LogP contribution in [0.2, 0.25) is 10.0 Å². The standard InChI is InChI=1S/C20H19Cl2N5OS/c21-12-5-4-6-13(22)16(12)20-26-17(18(23)29-20)19(28)25-14-11-24-8-7-15(14)27-9-2-1-3-10-27/h4-8,11H,1-3,9-10,23H2,(H,25,28). The number of piperidine rings is 1. The summed E-state index contributed by atoms with van der Waals surface area (Å²) in [7, 11) is 0. The van der Waals surface area contributed by atoms with E-state index in [9.17, 15) is 4.79 Å². The molecule has 0 spiro atoms. The van der Waals surface area contributed by atoms with Crippen LogP contribution in [0.15, 0.2) is 36.7 Å². The first kappa shape index (κ1) is 19.9. The number of nitrogens with zero attached hydrogens (tertiary/aromatic N) is 3. The van der Waals surface area contributed by atoms with Crippen LogP contribution >= 0.6 is 34.5 Å². The zero-order valence-electron chi connectivity index (χ0n) is 15.5. The fourth-order valence-corrected chi connectivity index (χ4v) is 4.97. The van der Waals surface area contributed by atoms with Crippen LogP contribution in [0.25, 0.3) is 10.6 Å². The maximum Gasteiger partial charge on any atom is 0.277 e. The Hall–Kier alpha value is -2.35. The highest BCUT2D eigenvalue weighted by molar-refractivity contribution is 7.19. The number of pyridine rings is 1. The van der Waals surface area contributed by atoms with Gasteiger partial charge in [0.2, 0.25) is 0 Å². The minimum Gasteiger partial charge on any atom is -0.389 e. The highest BCUT2D eigenvalue weighted by atomic mass is 35.5. The zero-order chi connectivity index (χ0) is 20.4. The molecule has 0 atom stereocenters. The maximum absolute atomic E-state index is 12.9. The lowest BCUT2D eigenvalue weighted by Gasteiger charge is -2.30. The Morgan fingerprint density at radius 1 is 1.14 bits per heavy atom. The lowest BCUT2D eigenvalue weighted by atomic mass is 10.1. The van der Waals surface area contributed by atoms with Crippen LogP contribution in [0, 0.1) is 0 Å². The van der Waals surface area contributed by atoms with E-state index in [2.05, 4.69) is 20.2 Å². The first-order valence-corrected chi connectivity index (χ1v) is 10.8. The lowest BCUT2D eigenvalue weighted by Crippen LogP contribution is -2.30. The first-order valence-electron chi connectivity index (χ1n) is 9.25. The van der Waals surface area contributed by atoms with Crippen molar-refractivity contribution < 1.29 is 4.79 Å². The summed E-state index contributed by atoms with van der Waals surface area (Å²) in [5, 5.41) is 4.63. The van der Waals surface area contributed by atoms with E-state index in [1.807, 2.05) is 6.07 Å². The molecule has 0 saturated carbocycles. The third kappa shape index (κ3) is 4.17. The molecular weight excluding hydrogens is 429 g/mol. The van der Waals surface area contributed by atoms with Crippen LogP contribution in [0.3, 0.4) is 0 Å². The van der Waals surface area contributed by atoms with E-state index in [1.165, 1.54) is 17.8 Å². The van der Waals surface area contributed by atoms with E-state index in [0.29, 0.717) is 31.3 Å². The van der Waals surface area contributed by atoms with Gasteiger partial charge >= 0.3 is 0 Å². The number of rotatable bonds is 4. The summed E-state index contributed by atoms with van der Waals surface area (Å²) in [6, 6.07) is 7.12. The fourth-order valence-electron chi connectivity index (χ4n) is 3.38. The lowest BCUT2D eigenvalue weighted by molar-refractivity contribution is 0.102. The smallest absolute Gasteiger partial charge is 0.277 e. The zero-order valence-corrected chi connectivity index (χ0v) is 17.8. The van der Waals surface area contributed by atoms with Crippen molar-refractivity contribution in [3.63, 3.8) is 0 Å². The van der Waals surface area contributed by atoms with Crippen molar-refractivity contribution >= 4 is 56.8 Å². The Bertz CT molecular complexity index is 1030. The summed E-state index contributed by atoms with van der Waals surface area (Å²) in [5.41, 5.74) is 8.41. The largest absolute Gasteiger partial charge is 0.389 e. The number of amides is 1. The van der Waals surface area contributed by atoms with Gasteiger partial charge in [0.05, 0.1) is 27.6 Å². The summed E-state index contributed by atoms with van der Waals surface area (Å²) in [4.78, 5) is 23.8. The van der Waals surface area contributed by atoms with E-state index in [-0.39, 0.29) is 11.6 Å². The number of benzene rings is 1. The van der Waals surface area contributed by atoms with E-state index in [0.717, 1.165) is 31.6 Å². The number of aromatic nitrogens is 2. The molecule has 4 rings (SSSR count). The molecule has 9 heteroatoms. The molecule has 1 saturated heterocycles. The van der Waals surface area contributed by atoms with E-state index >= 15 is 0 Å². The van der Waals surface area contributed by atoms with Crippen molar-refractivity contribution in [2.75, 3.05) is 29.0 Å². The van der Waals surface area contributed by atoms with Crippen LogP contribution in [-0.2, 0) is 0 Å². The highest BCUT2D eigenvalue weighted by Gasteiger charge is 2.22. The Kier molecular flexibility index (Phi) is 5.89. The van der Waals surface area contributed by atoms with Gasteiger partial charge in [-0.2, -0.15) is 0 Å². The van der Waals surface area contributed by atoms with Gasteiger partial charge in [-0.15, -0.1) is 0 Å². The quantitative estimate of drug-likeness (QED) is 0.563. The van der Waals surface area contributed by atoms with Gasteiger partial charge in [0.15, 0.2) is 5.69 Å². The monoisotopic (exact) mass is 447 g/mol. The molecule has 29 heavy (non-hydrogen) atoms. The fraction of sp³-hybridized carbons (Fsp3) is 0.250. The second-order valence-corrected chi connectivity index (χ2v) is 8.57. The number of thiazole rings is 1. The first-order chi connectivity index (χ1) is 14.0. The van der Waals surface area contributed by atoms with Gasteiger partial charge in [0.1, 0.15) is 10.0 Å². The molecule has 3 heterocycles. The molecule has 6 nitrogen and oxygen atoms in total. The molecule has 1 aliphatic rings. The maximum atomic E-state index is 12.9. The van der Waals surface area contributed by atoms with Crippen LogP contribution < -0.4 is 16.0 Å². The Labute approximate surface area is 182 Å². The van der Waals surface area contributed by atoms with Crippen LogP contribution in [0.5, 0.6) is 0 Å². The predicted molar refractivity (Wildman–Crippen MR) is 120 cm³/mol. The van der Waals surface area contributed by atoms with Crippen molar-refractivity contribution in [1.29, 1.82) is 0 Å². The Morgan fingerprint density at radius 2 is 1.86 bits per heavy atom. The molecule has 1 amide bonds. The average molecular weight is 448 g/mol. The molecule has 0 radical (unpaired) electrons. The molecular formula is C20H19Cl2N5OS. The van der Waals surface area contributed by atoms with Gasteiger partial charge < -0.3 is 16.0 Å². The van der Waals surface area contributed by atoms with Gasteiger partial charge in [0, 0.05) is 24.8 Å². The van der Waals surface area contributed by atoms with Crippen molar-refractivity contribution in [3.05, 3.63) is 52.4 Å². The molecule has 0 aliphatic carbocycles. The molecule has 1 aromatic carbocycles. The van der Waals surface area contributed by atoms with Gasteiger partial charge in [-0.05, 0) is 37.5 Å². The number of halogens is 2. The van der Waals surface area contributed by atoms with E-state index in [4.69, 9.17) is 28.9 Å². The van der Waals surface area contributed by atoms with Gasteiger partial charge in [-0.3, -0.25) is 9.78 Å². The van der Waals surface area contributed by atoms with Crippen LogP contribution in [0.1, 0.15) is 29.8 Å². The minimum atomic E-state index is -0.389. The number of nitrogen functional groups attached to an aromatic ring is 1. The predicted octanol–water partition coefficient (Wildman–Crippen LogP) is 5.34. The Morgan fingerprint density at radius 3 is 2.59 bits per heavy atom. The van der Waals surface area contributed by atoms with Crippen LogP contribution in [0.4, 0.5) is 16.4 Å².